The Morgan fingerprint density at radius 1 is 1.44 bits per heavy atom. The summed E-state index contributed by atoms with van der Waals surface area (Å²) >= 11 is 0.0205. The Labute approximate surface area is 108 Å². The van der Waals surface area contributed by atoms with Crippen LogP contribution in [0.2, 0.25) is 0 Å². The average molecular weight is 276 g/mol. The SMILES string of the molecule is FC(F)(F)SCCNC1CCCc2cccnc21. The zero-order valence-electron chi connectivity index (χ0n) is 9.83. The molecule has 0 spiro atoms. The number of halogens is 3. The van der Waals surface area contributed by atoms with Crippen LogP contribution in [0.5, 0.6) is 0 Å². The number of fused-ring (bicyclic) bond motifs is 1. The molecule has 1 aliphatic rings. The maximum atomic E-state index is 12.0. The number of thioether (sulfide) groups is 1. The van der Waals surface area contributed by atoms with E-state index in [1.807, 2.05) is 12.1 Å². The van der Waals surface area contributed by atoms with Gasteiger partial charge in [0.05, 0.1) is 5.69 Å². The summed E-state index contributed by atoms with van der Waals surface area (Å²) in [5.41, 5.74) is -1.92. The molecule has 1 atom stereocenters. The van der Waals surface area contributed by atoms with Gasteiger partial charge in [-0.1, -0.05) is 6.07 Å². The van der Waals surface area contributed by atoms with Gasteiger partial charge in [0, 0.05) is 24.5 Å². The standard InChI is InChI=1S/C12H15F3N2S/c13-12(14,15)18-8-7-16-10-5-1-3-9-4-2-6-17-11(9)10/h2,4,6,10,16H,1,3,5,7-8H2. The Hall–Kier alpha value is -0.750. The van der Waals surface area contributed by atoms with Crippen LogP contribution in [0.15, 0.2) is 18.3 Å². The molecule has 1 heterocycles. The highest BCUT2D eigenvalue weighted by atomic mass is 32.2. The van der Waals surface area contributed by atoms with E-state index in [0.29, 0.717) is 6.54 Å². The fourth-order valence-electron chi connectivity index (χ4n) is 2.21. The van der Waals surface area contributed by atoms with E-state index in [0.717, 1.165) is 25.0 Å². The van der Waals surface area contributed by atoms with Crippen LogP contribution in [0.1, 0.15) is 30.1 Å². The third-order valence-corrected chi connectivity index (χ3v) is 3.69. The van der Waals surface area contributed by atoms with Crippen molar-refractivity contribution in [1.29, 1.82) is 0 Å². The minimum atomic E-state index is -4.13. The molecule has 18 heavy (non-hydrogen) atoms. The summed E-state index contributed by atoms with van der Waals surface area (Å²) < 4.78 is 35.9. The van der Waals surface area contributed by atoms with Crippen LogP contribution < -0.4 is 5.32 Å². The summed E-state index contributed by atoms with van der Waals surface area (Å²) in [5.74, 6) is 0.0438. The molecule has 0 radical (unpaired) electrons. The van der Waals surface area contributed by atoms with E-state index in [-0.39, 0.29) is 23.6 Å². The highest BCUT2D eigenvalue weighted by Crippen LogP contribution is 2.30. The zero-order chi connectivity index (χ0) is 13.0. The second-order valence-corrected chi connectivity index (χ2v) is 5.40. The molecule has 1 aliphatic carbocycles. The van der Waals surface area contributed by atoms with Gasteiger partial charge in [-0.2, -0.15) is 13.2 Å². The Balaban J connectivity index is 1.84. The van der Waals surface area contributed by atoms with E-state index in [2.05, 4.69) is 10.3 Å². The molecular formula is C12H15F3N2S. The molecule has 2 rings (SSSR count). The van der Waals surface area contributed by atoms with Crippen molar-refractivity contribution in [3.63, 3.8) is 0 Å². The predicted molar refractivity (Wildman–Crippen MR) is 66.4 cm³/mol. The summed E-state index contributed by atoms with van der Waals surface area (Å²) in [7, 11) is 0. The van der Waals surface area contributed by atoms with Crippen molar-refractivity contribution in [2.24, 2.45) is 0 Å². The second-order valence-electron chi connectivity index (χ2n) is 4.24. The molecule has 1 unspecified atom stereocenters. The fourth-order valence-corrected chi connectivity index (χ4v) is 2.66. The molecule has 0 aliphatic heterocycles. The molecule has 6 heteroatoms. The van der Waals surface area contributed by atoms with Crippen LogP contribution in [0.3, 0.4) is 0 Å². The van der Waals surface area contributed by atoms with E-state index < -0.39 is 5.51 Å². The lowest BCUT2D eigenvalue weighted by Gasteiger charge is -2.25. The van der Waals surface area contributed by atoms with Crippen molar-refractivity contribution < 1.29 is 13.2 Å². The number of nitrogens with zero attached hydrogens (tertiary/aromatic N) is 1. The third-order valence-electron chi connectivity index (χ3n) is 2.95. The highest BCUT2D eigenvalue weighted by molar-refractivity contribution is 8.00. The number of aromatic nitrogens is 1. The number of hydrogen-bond acceptors (Lipinski definition) is 3. The predicted octanol–water partition coefficient (Wildman–Crippen LogP) is 3.30. The summed E-state index contributed by atoms with van der Waals surface area (Å²) in [5, 5.41) is 3.17. The van der Waals surface area contributed by atoms with Crippen LogP contribution in [0, 0.1) is 0 Å². The van der Waals surface area contributed by atoms with E-state index >= 15 is 0 Å². The van der Waals surface area contributed by atoms with Gasteiger partial charge < -0.3 is 5.32 Å². The summed E-state index contributed by atoms with van der Waals surface area (Å²) in [6.45, 7) is 0.352. The first-order valence-electron chi connectivity index (χ1n) is 5.94. The van der Waals surface area contributed by atoms with E-state index in [1.165, 1.54) is 5.56 Å². The number of aryl methyl sites for hydroxylation is 1. The molecule has 1 N–H and O–H groups in total. The normalized spacial score (nSPS) is 19.6. The van der Waals surface area contributed by atoms with Crippen molar-refractivity contribution in [2.45, 2.75) is 30.8 Å². The maximum absolute atomic E-state index is 12.0. The molecule has 2 nitrogen and oxygen atoms in total. The smallest absolute Gasteiger partial charge is 0.308 e. The topological polar surface area (TPSA) is 24.9 Å². The quantitative estimate of drug-likeness (QED) is 0.854. The molecule has 0 fully saturated rings. The number of hydrogen-bond donors (Lipinski definition) is 1. The lowest BCUT2D eigenvalue weighted by atomic mass is 9.92. The molecule has 0 saturated heterocycles. The maximum Gasteiger partial charge on any atom is 0.441 e. The molecule has 1 aromatic rings. The van der Waals surface area contributed by atoms with Gasteiger partial charge in [0.25, 0.3) is 0 Å². The Morgan fingerprint density at radius 2 is 2.28 bits per heavy atom. The van der Waals surface area contributed by atoms with Crippen LogP contribution in [-0.4, -0.2) is 22.8 Å². The molecule has 0 saturated carbocycles. The van der Waals surface area contributed by atoms with Gasteiger partial charge in [0.15, 0.2) is 0 Å². The van der Waals surface area contributed by atoms with Crippen LogP contribution in [0.4, 0.5) is 13.2 Å². The molecule has 0 amide bonds. The van der Waals surface area contributed by atoms with Gasteiger partial charge in [-0.15, -0.1) is 0 Å². The number of rotatable bonds is 4. The number of pyridine rings is 1. The minimum absolute atomic E-state index is 0.0205. The van der Waals surface area contributed by atoms with Gasteiger partial charge in [-0.25, -0.2) is 0 Å². The summed E-state index contributed by atoms with van der Waals surface area (Å²) in [4.78, 5) is 4.34. The highest BCUT2D eigenvalue weighted by Gasteiger charge is 2.28. The largest absolute Gasteiger partial charge is 0.441 e. The van der Waals surface area contributed by atoms with Crippen molar-refractivity contribution in [2.75, 3.05) is 12.3 Å². The lowest BCUT2D eigenvalue weighted by Crippen LogP contribution is -2.28. The monoisotopic (exact) mass is 276 g/mol. The van der Waals surface area contributed by atoms with E-state index in [4.69, 9.17) is 0 Å². The van der Waals surface area contributed by atoms with Crippen LogP contribution in [0.25, 0.3) is 0 Å². The van der Waals surface area contributed by atoms with Gasteiger partial charge in [-0.05, 0) is 42.7 Å². The van der Waals surface area contributed by atoms with Gasteiger partial charge in [0.1, 0.15) is 0 Å². The van der Waals surface area contributed by atoms with Crippen molar-refractivity contribution in [3.05, 3.63) is 29.6 Å². The second kappa shape index (κ2) is 5.93. The van der Waals surface area contributed by atoms with Crippen LogP contribution >= 0.6 is 11.8 Å². The first-order valence-corrected chi connectivity index (χ1v) is 6.93. The van der Waals surface area contributed by atoms with E-state index in [1.54, 1.807) is 6.20 Å². The fraction of sp³-hybridized carbons (Fsp3) is 0.583. The Morgan fingerprint density at radius 3 is 3.06 bits per heavy atom. The Bertz CT molecular complexity index is 395. The first kappa shape index (κ1) is 13.7. The van der Waals surface area contributed by atoms with Crippen molar-refractivity contribution in [1.82, 2.24) is 10.3 Å². The number of nitrogens with one attached hydrogen (secondary N) is 1. The molecular weight excluding hydrogens is 261 g/mol. The minimum Gasteiger partial charge on any atom is -0.308 e. The van der Waals surface area contributed by atoms with Crippen molar-refractivity contribution >= 4 is 11.8 Å². The van der Waals surface area contributed by atoms with Crippen molar-refractivity contribution in [3.8, 4) is 0 Å². The lowest BCUT2D eigenvalue weighted by molar-refractivity contribution is -0.0327. The first-order chi connectivity index (χ1) is 8.56. The van der Waals surface area contributed by atoms with Gasteiger partial charge in [-0.3, -0.25) is 4.98 Å². The third kappa shape index (κ3) is 3.88. The van der Waals surface area contributed by atoms with E-state index in [9.17, 15) is 13.2 Å². The summed E-state index contributed by atoms with van der Waals surface area (Å²) in [6, 6.07) is 4.05. The van der Waals surface area contributed by atoms with Gasteiger partial charge in [0.2, 0.25) is 0 Å². The molecule has 0 bridgehead atoms. The molecule has 1 aromatic heterocycles. The summed E-state index contributed by atoms with van der Waals surface area (Å²) in [6.07, 6.45) is 4.76. The Kier molecular flexibility index (Phi) is 4.50. The average Bonchev–Trinajstić information content (AvgIpc) is 2.33. The van der Waals surface area contributed by atoms with Crippen LogP contribution in [-0.2, 0) is 6.42 Å². The van der Waals surface area contributed by atoms with Gasteiger partial charge >= 0.3 is 5.51 Å². The zero-order valence-corrected chi connectivity index (χ0v) is 10.7. The molecule has 0 aromatic carbocycles. The number of alkyl halides is 3. The molecule has 100 valence electrons.